The number of carboxylic acids is 2. The molecule has 15 heteroatoms. The Morgan fingerprint density at radius 3 is 2.38 bits per heavy atom. The minimum atomic E-state index is -1.14. The summed E-state index contributed by atoms with van der Waals surface area (Å²) in [5, 5.41) is 29.8. The second-order valence-corrected chi connectivity index (χ2v) is 15.0. The Balaban J connectivity index is 1.12. The van der Waals surface area contributed by atoms with E-state index in [2.05, 4.69) is 27.5 Å². The summed E-state index contributed by atoms with van der Waals surface area (Å²) < 4.78 is 29.1. The van der Waals surface area contributed by atoms with Gasteiger partial charge in [0.1, 0.15) is 36.1 Å². The molecule has 1 atom stereocenters. The Labute approximate surface area is 372 Å². The molecule has 1 heterocycles. The van der Waals surface area contributed by atoms with E-state index in [1.807, 2.05) is 52.0 Å². The highest BCUT2D eigenvalue weighted by molar-refractivity contribution is 6.05. The molecule has 0 saturated carbocycles. The lowest BCUT2D eigenvalue weighted by molar-refractivity contribution is -0.172. The molecule has 15 nitrogen and oxygen atoms in total. The molecule has 0 aromatic heterocycles. The fourth-order valence-electron chi connectivity index (χ4n) is 7.02. The molecule has 0 saturated heterocycles. The normalized spacial score (nSPS) is 11.9. The van der Waals surface area contributed by atoms with Crippen molar-refractivity contribution in [3.63, 3.8) is 0 Å². The lowest BCUT2D eigenvalue weighted by Gasteiger charge is -2.20. The maximum atomic E-state index is 12.8. The summed E-state index contributed by atoms with van der Waals surface area (Å²) in [4.78, 5) is 53.3. The summed E-state index contributed by atoms with van der Waals surface area (Å²) in [5.74, 6) is -1.08. The number of nitrogens with one attached hydrogen (secondary N) is 3. The van der Waals surface area contributed by atoms with E-state index in [4.69, 9.17) is 28.5 Å². The van der Waals surface area contributed by atoms with Crippen LogP contribution < -0.4 is 30.8 Å². The third kappa shape index (κ3) is 13.6. The van der Waals surface area contributed by atoms with Gasteiger partial charge in [0.05, 0.1) is 24.1 Å². The first kappa shape index (κ1) is 48.3. The third-order valence-corrected chi connectivity index (χ3v) is 10.1. The SMILES string of the molecule is C=CCOC(COc1cccc(C(=O)NCCCCCNC(=O)CCCOc2ccc(C(=O)O)cc2-c2c3cc(C)c(=NCC)cc-3oc3cc(NCC)c(C)cc23)c1)OCC(=O)O. The maximum absolute atomic E-state index is 12.8. The standard InChI is InChI=1S/C49H58N4O11/c1-6-21-61-46(63-29-45(55)56)30-62-35-15-12-14-33(25-35)48(57)53-20-11-9-10-19-52-44(54)16-13-22-60-41-18-17-34(49(58)59)26-38(41)47-36-23-31(4)39(50-7-2)27-42(36)64-43-28-40(51-8-3)32(5)24-37(43)47/h6,12,14-15,17-18,23-28,46,50H,1,7-11,13,16,19-22,29-30H2,2-5H3,(H,52,54)(H,53,57)(H,55,56)(H,58,59). The van der Waals surface area contributed by atoms with Crippen molar-refractivity contribution in [3.05, 3.63) is 107 Å². The molecular formula is C49H58N4O11. The van der Waals surface area contributed by atoms with Gasteiger partial charge in [-0.05, 0) is 113 Å². The molecular weight excluding hydrogens is 821 g/mol. The van der Waals surface area contributed by atoms with E-state index < -0.39 is 24.8 Å². The highest BCUT2D eigenvalue weighted by Gasteiger charge is 2.23. The molecule has 0 radical (unpaired) electrons. The van der Waals surface area contributed by atoms with Crippen molar-refractivity contribution >= 4 is 40.4 Å². The summed E-state index contributed by atoms with van der Waals surface area (Å²) in [5.41, 5.74) is 6.22. The van der Waals surface area contributed by atoms with Gasteiger partial charge in [0, 0.05) is 78.1 Å². The van der Waals surface area contributed by atoms with Gasteiger partial charge in [0.25, 0.3) is 5.91 Å². The molecule has 2 aliphatic rings. The predicted molar refractivity (Wildman–Crippen MR) is 244 cm³/mol. The predicted octanol–water partition coefficient (Wildman–Crippen LogP) is 7.76. The van der Waals surface area contributed by atoms with Gasteiger partial charge >= 0.3 is 11.9 Å². The van der Waals surface area contributed by atoms with E-state index in [-0.39, 0.29) is 43.6 Å². The van der Waals surface area contributed by atoms with E-state index in [9.17, 15) is 24.3 Å². The second kappa shape index (κ2) is 24.2. The molecule has 3 aromatic carbocycles. The zero-order chi connectivity index (χ0) is 46.0. The molecule has 1 aliphatic heterocycles. The fourth-order valence-corrected chi connectivity index (χ4v) is 7.02. The van der Waals surface area contributed by atoms with Gasteiger partial charge in [-0.2, -0.15) is 0 Å². The number of ether oxygens (including phenoxy) is 4. The number of amides is 2. The number of aliphatic carboxylic acids is 1. The highest BCUT2D eigenvalue weighted by atomic mass is 16.7. The maximum Gasteiger partial charge on any atom is 0.335 e. The lowest BCUT2D eigenvalue weighted by atomic mass is 9.90. The summed E-state index contributed by atoms with van der Waals surface area (Å²) in [7, 11) is 0. The van der Waals surface area contributed by atoms with Gasteiger partial charge < -0.3 is 49.5 Å². The summed E-state index contributed by atoms with van der Waals surface area (Å²) in [6, 6.07) is 19.4. The number of rotatable bonds is 26. The summed E-state index contributed by atoms with van der Waals surface area (Å²) in [6.45, 7) is 13.6. The van der Waals surface area contributed by atoms with Crippen molar-refractivity contribution in [2.24, 2.45) is 4.99 Å². The number of fused-ring (bicyclic) bond motifs is 2. The number of nitrogens with zero attached hydrogens (tertiary/aromatic N) is 1. The molecule has 5 N–H and O–H groups in total. The van der Waals surface area contributed by atoms with Gasteiger partial charge in [-0.1, -0.05) is 12.1 Å². The number of unbranched alkanes of at least 4 members (excludes halogenated alkanes) is 2. The first-order chi connectivity index (χ1) is 30.9. The van der Waals surface area contributed by atoms with E-state index in [0.29, 0.717) is 66.4 Å². The quantitative estimate of drug-likeness (QED) is 0.0156. The smallest absolute Gasteiger partial charge is 0.335 e. The minimum Gasteiger partial charge on any atom is -0.493 e. The van der Waals surface area contributed by atoms with E-state index in [1.165, 1.54) is 12.1 Å². The molecule has 340 valence electrons. The van der Waals surface area contributed by atoms with Gasteiger partial charge in [-0.15, -0.1) is 6.58 Å². The van der Waals surface area contributed by atoms with Crippen LogP contribution in [0.25, 0.3) is 33.4 Å². The van der Waals surface area contributed by atoms with Gasteiger partial charge in [-0.3, -0.25) is 14.6 Å². The van der Waals surface area contributed by atoms with Crippen molar-refractivity contribution in [1.82, 2.24) is 10.6 Å². The number of aryl methyl sites for hydroxylation is 2. The molecule has 1 aliphatic carbocycles. The zero-order valence-corrected chi connectivity index (χ0v) is 36.9. The Morgan fingerprint density at radius 2 is 1.64 bits per heavy atom. The van der Waals surface area contributed by atoms with Gasteiger partial charge in [0.15, 0.2) is 6.29 Å². The largest absolute Gasteiger partial charge is 0.493 e. The number of benzene rings is 4. The van der Waals surface area contributed by atoms with E-state index >= 15 is 0 Å². The van der Waals surface area contributed by atoms with Crippen molar-refractivity contribution < 1.29 is 52.8 Å². The van der Waals surface area contributed by atoms with Crippen LogP contribution in [0.2, 0.25) is 0 Å². The Morgan fingerprint density at radius 1 is 0.844 bits per heavy atom. The van der Waals surface area contributed by atoms with Crippen molar-refractivity contribution in [2.75, 3.05) is 57.9 Å². The molecule has 2 amide bonds. The van der Waals surface area contributed by atoms with Crippen molar-refractivity contribution in [3.8, 4) is 33.9 Å². The number of carboxylic acid groups (broad SMARTS) is 2. The van der Waals surface area contributed by atoms with Crippen LogP contribution in [0.15, 0.2) is 88.8 Å². The Kier molecular flexibility index (Phi) is 18.3. The van der Waals surface area contributed by atoms with Crippen molar-refractivity contribution in [1.29, 1.82) is 0 Å². The van der Waals surface area contributed by atoms with Crippen LogP contribution in [0.1, 0.15) is 77.8 Å². The van der Waals surface area contributed by atoms with Crippen LogP contribution >= 0.6 is 0 Å². The molecule has 0 spiro atoms. The van der Waals surface area contributed by atoms with E-state index in [0.717, 1.165) is 58.1 Å². The van der Waals surface area contributed by atoms with E-state index in [1.54, 1.807) is 36.4 Å². The van der Waals surface area contributed by atoms with Crippen LogP contribution in [0, 0.1) is 13.8 Å². The fraction of sp³-hybridized carbons (Fsp3) is 0.367. The molecule has 5 rings (SSSR count). The third-order valence-electron chi connectivity index (χ3n) is 10.1. The first-order valence-corrected chi connectivity index (χ1v) is 21.5. The van der Waals surface area contributed by atoms with Crippen LogP contribution in [0.4, 0.5) is 5.69 Å². The molecule has 0 bridgehead atoms. The van der Waals surface area contributed by atoms with Crippen molar-refractivity contribution in [2.45, 2.75) is 66.1 Å². The summed E-state index contributed by atoms with van der Waals surface area (Å²) >= 11 is 0. The number of aromatic carboxylic acids is 1. The first-order valence-electron chi connectivity index (χ1n) is 21.5. The molecule has 1 unspecified atom stereocenters. The molecule has 0 fully saturated rings. The number of carbonyl (C=O) groups excluding carboxylic acids is 2. The number of carbonyl (C=O) groups is 4. The topological polar surface area (TPSA) is 207 Å². The number of anilines is 1. The van der Waals surface area contributed by atoms with Gasteiger partial charge in [0.2, 0.25) is 5.91 Å². The monoisotopic (exact) mass is 878 g/mol. The number of hydrogen-bond donors (Lipinski definition) is 5. The van der Waals surface area contributed by atoms with Crippen LogP contribution in [0.5, 0.6) is 11.5 Å². The lowest BCUT2D eigenvalue weighted by Crippen LogP contribution is -2.28. The Bertz CT molecular complexity index is 2460. The summed E-state index contributed by atoms with van der Waals surface area (Å²) in [6.07, 6.45) is 3.48. The second-order valence-electron chi connectivity index (χ2n) is 15.0. The minimum absolute atomic E-state index is 0.0840. The Hall–Kier alpha value is -6.71. The van der Waals surface area contributed by atoms with Crippen LogP contribution in [0.3, 0.4) is 0 Å². The van der Waals surface area contributed by atoms with Gasteiger partial charge in [-0.25, -0.2) is 9.59 Å². The average Bonchev–Trinajstić information content (AvgIpc) is 3.27. The highest BCUT2D eigenvalue weighted by Crippen LogP contribution is 2.45. The molecule has 3 aromatic rings. The van der Waals surface area contributed by atoms with Crippen LogP contribution in [-0.2, 0) is 19.1 Å². The number of hydrogen-bond acceptors (Lipinski definition) is 11. The molecule has 64 heavy (non-hydrogen) atoms. The average molecular weight is 879 g/mol. The van der Waals surface area contributed by atoms with Crippen LogP contribution in [-0.4, -0.2) is 92.9 Å². The zero-order valence-electron chi connectivity index (χ0n) is 36.9.